The summed E-state index contributed by atoms with van der Waals surface area (Å²) in [5.41, 5.74) is -0.738. The van der Waals surface area contributed by atoms with Crippen LogP contribution in [0.5, 0.6) is 0 Å². The molecule has 98 valence electrons. The van der Waals surface area contributed by atoms with Crippen molar-refractivity contribution >= 4 is 11.9 Å². The zero-order chi connectivity index (χ0) is 13.1. The molecule has 0 aromatic rings. The van der Waals surface area contributed by atoms with Crippen LogP contribution < -0.4 is 16.0 Å². The van der Waals surface area contributed by atoms with Gasteiger partial charge in [0.25, 0.3) is 0 Å². The SMILES string of the molecule is CC(C)(C)NC(=O)CNC1(CC(=O)O)CNC1. The number of carboxylic acid groups (broad SMARTS) is 1. The van der Waals surface area contributed by atoms with Gasteiger partial charge in [-0.05, 0) is 20.8 Å². The van der Waals surface area contributed by atoms with Gasteiger partial charge in [0.1, 0.15) is 0 Å². The molecule has 0 radical (unpaired) electrons. The van der Waals surface area contributed by atoms with Crippen molar-refractivity contribution in [2.24, 2.45) is 0 Å². The van der Waals surface area contributed by atoms with Gasteiger partial charge in [0.05, 0.1) is 18.5 Å². The maximum Gasteiger partial charge on any atom is 0.305 e. The third kappa shape index (κ3) is 4.70. The summed E-state index contributed by atoms with van der Waals surface area (Å²) in [5, 5.41) is 17.7. The number of rotatable bonds is 5. The Morgan fingerprint density at radius 1 is 1.35 bits per heavy atom. The Bertz CT molecular complexity index is 306. The number of hydrogen-bond donors (Lipinski definition) is 4. The van der Waals surface area contributed by atoms with Gasteiger partial charge in [-0.3, -0.25) is 14.9 Å². The van der Waals surface area contributed by atoms with Gasteiger partial charge < -0.3 is 15.7 Å². The van der Waals surface area contributed by atoms with Crippen molar-refractivity contribution in [3.63, 3.8) is 0 Å². The van der Waals surface area contributed by atoms with E-state index in [1.807, 2.05) is 20.8 Å². The van der Waals surface area contributed by atoms with Crippen LogP contribution in [-0.2, 0) is 9.59 Å². The lowest BCUT2D eigenvalue weighted by Crippen LogP contribution is -2.69. The third-order valence-electron chi connectivity index (χ3n) is 2.55. The fourth-order valence-corrected chi connectivity index (χ4v) is 1.76. The number of amides is 1. The zero-order valence-corrected chi connectivity index (χ0v) is 10.6. The van der Waals surface area contributed by atoms with Gasteiger partial charge in [-0.2, -0.15) is 0 Å². The van der Waals surface area contributed by atoms with Crippen molar-refractivity contribution in [3.05, 3.63) is 0 Å². The lowest BCUT2D eigenvalue weighted by atomic mass is 9.88. The first-order chi connectivity index (χ1) is 7.72. The predicted molar refractivity (Wildman–Crippen MR) is 63.8 cm³/mol. The van der Waals surface area contributed by atoms with Crippen LogP contribution in [0.15, 0.2) is 0 Å². The Balaban J connectivity index is 2.38. The van der Waals surface area contributed by atoms with Crippen molar-refractivity contribution in [3.8, 4) is 0 Å². The van der Waals surface area contributed by atoms with Crippen molar-refractivity contribution in [2.75, 3.05) is 19.6 Å². The molecule has 1 rings (SSSR count). The Hall–Kier alpha value is -1.14. The van der Waals surface area contributed by atoms with E-state index in [-0.39, 0.29) is 24.4 Å². The van der Waals surface area contributed by atoms with Crippen molar-refractivity contribution < 1.29 is 14.7 Å². The number of hydrogen-bond acceptors (Lipinski definition) is 4. The van der Waals surface area contributed by atoms with Crippen molar-refractivity contribution in [2.45, 2.75) is 38.3 Å². The maximum absolute atomic E-state index is 11.6. The molecule has 0 aromatic heterocycles. The summed E-state index contributed by atoms with van der Waals surface area (Å²) < 4.78 is 0. The monoisotopic (exact) mass is 243 g/mol. The average Bonchev–Trinajstić information content (AvgIpc) is 2.05. The van der Waals surface area contributed by atoms with Gasteiger partial charge in [-0.25, -0.2) is 0 Å². The average molecular weight is 243 g/mol. The minimum Gasteiger partial charge on any atom is -0.481 e. The second-order valence-corrected chi connectivity index (χ2v) is 5.61. The van der Waals surface area contributed by atoms with Crippen LogP contribution in [0.4, 0.5) is 0 Å². The van der Waals surface area contributed by atoms with E-state index in [1.54, 1.807) is 0 Å². The molecule has 17 heavy (non-hydrogen) atoms. The molecule has 4 N–H and O–H groups in total. The van der Waals surface area contributed by atoms with Gasteiger partial charge in [0.15, 0.2) is 0 Å². The van der Waals surface area contributed by atoms with E-state index < -0.39 is 11.5 Å². The minimum absolute atomic E-state index is 0.0306. The highest BCUT2D eigenvalue weighted by Gasteiger charge is 2.39. The number of carboxylic acids is 1. The molecule has 1 aliphatic rings. The van der Waals surface area contributed by atoms with Gasteiger partial charge >= 0.3 is 5.97 Å². The highest BCUT2D eigenvalue weighted by molar-refractivity contribution is 5.79. The highest BCUT2D eigenvalue weighted by Crippen LogP contribution is 2.15. The summed E-state index contributed by atoms with van der Waals surface area (Å²) in [6, 6.07) is 0. The van der Waals surface area contributed by atoms with Crippen LogP contribution in [0.3, 0.4) is 0 Å². The van der Waals surface area contributed by atoms with Crippen LogP contribution >= 0.6 is 0 Å². The summed E-state index contributed by atoms with van der Waals surface area (Å²) >= 11 is 0. The lowest BCUT2D eigenvalue weighted by Gasteiger charge is -2.42. The maximum atomic E-state index is 11.6. The predicted octanol–water partition coefficient (Wildman–Crippen LogP) is -0.693. The Labute approximate surface area is 101 Å². The largest absolute Gasteiger partial charge is 0.481 e. The molecular formula is C11H21N3O3. The molecule has 1 fully saturated rings. The molecule has 1 saturated heterocycles. The smallest absolute Gasteiger partial charge is 0.305 e. The van der Waals surface area contributed by atoms with E-state index in [2.05, 4.69) is 16.0 Å². The molecule has 0 aliphatic carbocycles. The van der Waals surface area contributed by atoms with E-state index in [4.69, 9.17) is 5.11 Å². The molecule has 0 bridgehead atoms. The second kappa shape index (κ2) is 5.01. The molecule has 1 amide bonds. The van der Waals surface area contributed by atoms with Crippen molar-refractivity contribution in [1.82, 2.24) is 16.0 Å². The Kier molecular flexibility index (Phi) is 4.11. The fraction of sp³-hybridized carbons (Fsp3) is 0.818. The first-order valence-corrected chi connectivity index (χ1v) is 5.71. The molecule has 0 saturated carbocycles. The number of carbonyl (C=O) groups excluding carboxylic acids is 1. The zero-order valence-electron chi connectivity index (χ0n) is 10.6. The van der Waals surface area contributed by atoms with E-state index in [9.17, 15) is 9.59 Å². The van der Waals surface area contributed by atoms with Crippen molar-refractivity contribution in [1.29, 1.82) is 0 Å². The molecule has 1 heterocycles. The van der Waals surface area contributed by atoms with Gasteiger partial charge in [-0.15, -0.1) is 0 Å². The molecule has 0 aromatic carbocycles. The lowest BCUT2D eigenvalue weighted by molar-refractivity contribution is -0.139. The quantitative estimate of drug-likeness (QED) is 0.513. The third-order valence-corrected chi connectivity index (χ3v) is 2.55. The molecule has 6 heteroatoms. The van der Waals surface area contributed by atoms with Crippen LogP contribution in [0, 0.1) is 0 Å². The summed E-state index contributed by atoms with van der Waals surface area (Å²) in [7, 11) is 0. The van der Waals surface area contributed by atoms with Crippen LogP contribution in [0.1, 0.15) is 27.2 Å². The fourth-order valence-electron chi connectivity index (χ4n) is 1.76. The van der Waals surface area contributed by atoms with Gasteiger partial charge in [0.2, 0.25) is 5.91 Å². The highest BCUT2D eigenvalue weighted by atomic mass is 16.4. The summed E-state index contributed by atoms with van der Waals surface area (Å²) in [5.74, 6) is -0.968. The van der Waals surface area contributed by atoms with E-state index in [0.29, 0.717) is 13.1 Å². The molecule has 0 atom stereocenters. The topological polar surface area (TPSA) is 90.5 Å². The van der Waals surface area contributed by atoms with Crippen LogP contribution in [0.25, 0.3) is 0 Å². The first-order valence-electron chi connectivity index (χ1n) is 5.71. The summed E-state index contributed by atoms with van der Waals surface area (Å²) in [6.07, 6.45) is 0.0306. The Morgan fingerprint density at radius 2 is 1.94 bits per heavy atom. The second-order valence-electron chi connectivity index (χ2n) is 5.61. The molecular weight excluding hydrogens is 222 g/mol. The van der Waals surface area contributed by atoms with Crippen LogP contribution in [0.2, 0.25) is 0 Å². The number of nitrogens with one attached hydrogen (secondary N) is 3. The first kappa shape index (κ1) is 13.9. The minimum atomic E-state index is -0.852. The molecule has 6 nitrogen and oxygen atoms in total. The number of carbonyl (C=O) groups is 2. The van der Waals surface area contributed by atoms with E-state index >= 15 is 0 Å². The van der Waals surface area contributed by atoms with Gasteiger partial charge in [0, 0.05) is 18.6 Å². The standard InChI is InChI=1S/C11H21N3O3/c1-10(2,3)14-8(15)5-13-11(4-9(16)17)6-12-7-11/h12-13H,4-7H2,1-3H3,(H,14,15)(H,16,17). The van der Waals surface area contributed by atoms with Gasteiger partial charge in [-0.1, -0.05) is 0 Å². The Morgan fingerprint density at radius 3 is 2.29 bits per heavy atom. The number of aliphatic carboxylic acids is 1. The summed E-state index contributed by atoms with van der Waals surface area (Å²) in [4.78, 5) is 22.3. The molecule has 1 aliphatic heterocycles. The summed E-state index contributed by atoms with van der Waals surface area (Å²) in [6.45, 7) is 7.03. The normalized spacial score (nSPS) is 18.3. The molecule has 0 spiro atoms. The molecule has 0 unspecified atom stereocenters. The van der Waals surface area contributed by atoms with Crippen LogP contribution in [-0.4, -0.2) is 47.7 Å². The van der Waals surface area contributed by atoms with E-state index in [0.717, 1.165) is 0 Å². The van der Waals surface area contributed by atoms with E-state index in [1.165, 1.54) is 0 Å².